The lowest BCUT2D eigenvalue weighted by molar-refractivity contribution is 0.354. The molecule has 0 spiro atoms. The van der Waals surface area contributed by atoms with E-state index in [0.29, 0.717) is 0 Å². The van der Waals surface area contributed by atoms with Crippen molar-refractivity contribution in [3.8, 4) is 0 Å². The number of nitrogens with zero attached hydrogens (tertiary/aromatic N) is 2. The van der Waals surface area contributed by atoms with E-state index in [1.165, 1.54) is 12.2 Å². The Bertz CT molecular complexity index is 205. The molecule has 11 heavy (non-hydrogen) atoms. The number of carbonyl (C=O) groups excluding carboxylic acids is 2. The van der Waals surface area contributed by atoms with E-state index in [1.54, 1.807) is 6.92 Å². The van der Waals surface area contributed by atoms with Gasteiger partial charge in [-0.2, -0.15) is 9.98 Å². The molecule has 0 N–H and O–H groups in total. The molecule has 0 saturated heterocycles. The molecule has 0 heterocycles. The quantitative estimate of drug-likeness (QED) is 0.450. The molecule has 0 bridgehead atoms. The Kier molecular flexibility index (Phi) is 3.38. The van der Waals surface area contributed by atoms with Gasteiger partial charge in [0.2, 0.25) is 12.2 Å². The highest BCUT2D eigenvalue weighted by molar-refractivity contribution is 5.38. The van der Waals surface area contributed by atoms with E-state index < -0.39 is 5.66 Å². The Balaban J connectivity index is 4.79. The largest absolute Gasteiger partial charge is 0.237 e. The molecule has 0 aliphatic carbocycles. The minimum absolute atomic E-state index is 0.0228. The first-order valence-corrected chi connectivity index (χ1v) is 3.25. The maximum Gasteiger partial charge on any atom is 0.237 e. The highest BCUT2D eigenvalue weighted by atomic mass is 16.1. The molecule has 0 atom stereocenters. The van der Waals surface area contributed by atoms with Crippen molar-refractivity contribution in [2.24, 2.45) is 15.9 Å². The first kappa shape index (κ1) is 9.76. The second-order valence-corrected chi connectivity index (χ2v) is 2.65. The van der Waals surface area contributed by atoms with Gasteiger partial charge in [0, 0.05) is 5.92 Å². The zero-order valence-corrected chi connectivity index (χ0v) is 6.79. The van der Waals surface area contributed by atoms with Crippen LogP contribution in [0.1, 0.15) is 20.8 Å². The molecule has 0 aromatic heterocycles. The van der Waals surface area contributed by atoms with Crippen LogP contribution in [0, 0.1) is 5.92 Å². The standard InChI is InChI=1S/C7H10N2O2/c1-6(2)7(3,8-4-10)9-5-11/h6H,1-3H3. The Morgan fingerprint density at radius 1 is 1.18 bits per heavy atom. The third-order valence-electron chi connectivity index (χ3n) is 1.64. The normalized spacial score (nSPS) is 14.5. The van der Waals surface area contributed by atoms with Crippen LogP contribution >= 0.6 is 0 Å². The van der Waals surface area contributed by atoms with Gasteiger partial charge in [0.05, 0.1) is 0 Å². The zero-order chi connectivity index (χ0) is 8.91. The first-order valence-electron chi connectivity index (χ1n) is 3.25. The molecule has 0 aliphatic heterocycles. The van der Waals surface area contributed by atoms with Gasteiger partial charge in [-0.25, -0.2) is 9.59 Å². The molecule has 0 aromatic rings. The summed E-state index contributed by atoms with van der Waals surface area (Å²) in [4.78, 5) is 26.7. The summed E-state index contributed by atoms with van der Waals surface area (Å²) < 4.78 is 0. The highest BCUT2D eigenvalue weighted by Gasteiger charge is 2.26. The van der Waals surface area contributed by atoms with Crippen LogP contribution < -0.4 is 0 Å². The molecule has 60 valence electrons. The van der Waals surface area contributed by atoms with Crippen molar-refractivity contribution in [2.45, 2.75) is 26.4 Å². The van der Waals surface area contributed by atoms with Crippen molar-refractivity contribution < 1.29 is 9.59 Å². The van der Waals surface area contributed by atoms with Crippen LogP contribution in [0.25, 0.3) is 0 Å². The summed E-state index contributed by atoms with van der Waals surface area (Å²) in [6.45, 7) is 5.19. The zero-order valence-electron chi connectivity index (χ0n) is 6.79. The molecule has 0 fully saturated rings. The molecule has 0 radical (unpaired) electrons. The van der Waals surface area contributed by atoms with Gasteiger partial charge in [0.25, 0.3) is 0 Å². The number of isocyanates is 2. The van der Waals surface area contributed by atoms with E-state index in [-0.39, 0.29) is 5.92 Å². The Hall–Kier alpha value is -1.24. The maximum absolute atomic E-state index is 9.92. The van der Waals surface area contributed by atoms with Crippen molar-refractivity contribution in [2.75, 3.05) is 0 Å². The second-order valence-electron chi connectivity index (χ2n) is 2.65. The van der Waals surface area contributed by atoms with Gasteiger partial charge in [-0.15, -0.1) is 0 Å². The van der Waals surface area contributed by atoms with Gasteiger partial charge in [-0.1, -0.05) is 13.8 Å². The van der Waals surface area contributed by atoms with E-state index in [1.807, 2.05) is 13.8 Å². The van der Waals surface area contributed by atoms with Crippen molar-refractivity contribution in [1.82, 2.24) is 0 Å². The summed E-state index contributed by atoms with van der Waals surface area (Å²) in [6, 6.07) is 0. The van der Waals surface area contributed by atoms with Gasteiger partial charge < -0.3 is 0 Å². The third kappa shape index (κ3) is 2.46. The van der Waals surface area contributed by atoms with Gasteiger partial charge >= 0.3 is 0 Å². The molecular formula is C7H10N2O2. The number of hydrogen-bond donors (Lipinski definition) is 0. The van der Waals surface area contributed by atoms with Crippen LogP contribution in [-0.4, -0.2) is 17.8 Å². The first-order chi connectivity index (χ1) is 5.06. The predicted octanol–water partition coefficient (Wildman–Crippen LogP) is 1.03. The molecule has 0 saturated carbocycles. The third-order valence-corrected chi connectivity index (χ3v) is 1.64. The van der Waals surface area contributed by atoms with Crippen molar-refractivity contribution in [3.05, 3.63) is 0 Å². The topological polar surface area (TPSA) is 58.9 Å². The Morgan fingerprint density at radius 3 is 1.73 bits per heavy atom. The van der Waals surface area contributed by atoms with Crippen molar-refractivity contribution in [1.29, 1.82) is 0 Å². The summed E-state index contributed by atoms with van der Waals surface area (Å²) in [5.41, 5.74) is -0.997. The molecule has 4 heteroatoms. The smallest absolute Gasteiger partial charge is 0.211 e. The minimum atomic E-state index is -0.997. The Labute approximate surface area is 65.0 Å². The van der Waals surface area contributed by atoms with Crippen LogP contribution in [0.15, 0.2) is 9.98 Å². The summed E-state index contributed by atoms with van der Waals surface area (Å²) in [6.07, 6.45) is 2.75. The number of hydrogen-bond acceptors (Lipinski definition) is 4. The van der Waals surface area contributed by atoms with Crippen LogP contribution in [0.4, 0.5) is 0 Å². The van der Waals surface area contributed by atoms with Crippen molar-refractivity contribution >= 4 is 12.2 Å². The van der Waals surface area contributed by atoms with Crippen LogP contribution in [0.3, 0.4) is 0 Å². The van der Waals surface area contributed by atoms with Gasteiger partial charge in [-0.3, -0.25) is 0 Å². The van der Waals surface area contributed by atoms with Crippen LogP contribution in [0.5, 0.6) is 0 Å². The Morgan fingerprint density at radius 2 is 1.55 bits per heavy atom. The average Bonchev–Trinajstić information content (AvgIpc) is 1.88. The summed E-state index contributed by atoms with van der Waals surface area (Å²) in [7, 11) is 0. The monoisotopic (exact) mass is 154 g/mol. The van der Waals surface area contributed by atoms with Gasteiger partial charge in [0.15, 0.2) is 5.66 Å². The maximum atomic E-state index is 9.92. The van der Waals surface area contributed by atoms with Crippen molar-refractivity contribution in [3.63, 3.8) is 0 Å². The number of rotatable bonds is 3. The average molecular weight is 154 g/mol. The van der Waals surface area contributed by atoms with E-state index in [9.17, 15) is 9.59 Å². The lowest BCUT2D eigenvalue weighted by Crippen LogP contribution is -2.25. The highest BCUT2D eigenvalue weighted by Crippen LogP contribution is 2.21. The van der Waals surface area contributed by atoms with E-state index in [4.69, 9.17) is 0 Å². The lowest BCUT2D eigenvalue weighted by atomic mass is 10.00. The molecule has 0 aliphatic rings. The molecule has 4 nitrogen and oxygen atoms in total. The summed E-state index contributed by atoms with van der Waals surface area (Å²) in [5, 5.41) is 0. The lowest BCUT2D eigenvalue weighted by Gasteiger charge is -2.19. The summed E-state index contributed by atoms with van der Waals surface area (Å²) in [5.74, 6) is -0.0228. The SMILES string of the molecule is CC(C)C(C)(N=C=O)N=C=O. The van der Waals surface area contributed by atoms with Gasteiger partial charge in [0.1, 0.15) is 0 Å². The molecule has 0 amide bonds. The van der Waals surface area contributed by atoms with E-state index in [2.05, 4.69) is 9.98 Å². The second kappa shape index (κ2) is 3.81. The molecule has 0 unspecified atom stereocenters. The van der Waals surface area contributed by atoms with E-state index >= 15 is 0 Å². The molecule has 0 aromatic carbocycles. The fourth-order valence-electron chi connectivity index (χ4n) is 0.468. The fourth-order valence-corrected chi connectivity index (χ4v) is 0.468. The molecular weight excluding hydrogens is 144 g/mol. The molecule has 0 rings (SSSR count). The van der Waals surface area contributed by atoms with Crippen LogP contribution in [0.2, 0.25) is 0 Å². The number of aliphatic imine (C=N–C) groups is 2. The van der Waals surface area contributed by atoms with E-state index in [0.717, 1.165) is 0 Å². The van der Waals surface area contributed by atoms with Crippen LogP contribution in [-0.2, 0) is 9.59 Å². The minimum Gasteiger partial charge on any atom is -0.211 e. The fraction of sp³-hybridized carbons (Fsp3) is 0.714. The van der Waals surface area contributed by atoms with Gasteiger partial charge in [-0.05, 0) is 6.92 Å². The summed E-state index contributed by atoms with van der Waals surface area (Å²) >= 11 is 0. The predicted molar refractivity (Wildman–Crippen MR) is 39.5 cm³/mol.